The molecule has 0 N–H and O–H groups in total. The number of carbonyl (C=O) groups excluding carboxylic acids is 1. The number of pyridine rings is 1. The Labute approximate surface area is 118 Å². The van der Waals surface area contributed by atoms with Gasteiger partial charge in [-0.25, -0.2) is 0 Å². The summed E-state index contributed by atoms with van der Waals surface area (Å²) in [6, 6.07) is 6.11. The number of rotatable bonds is 3. The Morgan fingerprint density at radius 1 is 1.15 bits per heavy atom. The Bertz CT molecular complexity index is 569. The lowest BCUT2D eigenvalue weighted by Gasteiger charge is -2.14. The van der Waals surface area contributed by atoms with Crippen molar-refractivity contribution in [3.05, 3.63) is 36.2 Å². The molecular weight excluding hydrogens is 250 g/mol. The van der Waals surface area contributed by atoms with E-state index < -0.39 is 0 Å². The smallest absolute Gasteiger partial charge is 0.153 e. The predicted octanol–water partition coefficient (Wildman–Crippen LogP) is 3.65. The standard InChI is InChI=1S/C16H19N3O/c20-12-13-11-19(14-7-3-1-2-4-8-14)18-16(13)15-9-5-6-10-17-15/h5-6,9-12,14H,1-4,7-8H2. The molecular formula is C16H19N3O. The third kappa shape index (κ3) is 2.64. The second-order valence-corrected chi connectivity index (χ2v) is 5.39. The van der Waals surface area contributed by atoms with Crippen molar-refractivity contribution in [1.29, 1.82) is 0 Å². The van der Waals surface area contributed by atoms with Crippen molar-refractivity contribution in [2.75, 3.05) is 0 Å². The van der Waals surface area contributed by atoms with Gasteiger partial charge in [0, 0.05) is 12.4 Å². The van der Waals surface area contributed by atoms with Crippen LogP contribution in [0.3, 0.4) is 0 Å². The predicted molar refractivity (Wildman–Crippen MR) is 77.6 cm³/mol. The van der Waals surface area contributed by atoms with Crippen LogP contribution in [0.2, 0.25) is 0 Å². The number of carbonyl (C=O) groups is 1. The number of nitrogens with zero attached hydrogens (tertiary/aromatic N) is 3. The minimum atomic E-state index is 0.425. The highest BCUT2D eigenvalue weighted by molar-refractivity contribution is 5.84. The zero-order valence-electron chi connectivity index (χ0n) is 11.5. The minimum absolute atomic E-state index is 0.425. The van der Waals surface area contributed by atoms with Crippen LogP contribution in [0.15, 0.2) is 30.6 Å². The monoisotopic (exact) mass is 269 g/mol. The van der Waals surface area contributed by atoms with E-state index in [0.29, 0.717) is 17.3 Å². The third-order valence-corrected chi connectivity index (χ3v) is 3.99. The Morgan fingerprint density at radius 3 is 2.60 bits per heavy atom. The fourth-order valence-corrected chi connectivity index (χ4v) is 2.90. The van der Waals surface area contributed by atoms with Crippen molar-refractivity contribution in [3.8, 4) is 11.4 Å². The minimum Gasteiger partial charge on any atom is -0.298 e. The molecule has 2 aromatic rings. The molecule has 0 bridgehead atoms. The molecule has 0 radical (unpaired) electrons. The van der Waals surface area contributed by atoms with Gasteiger partial charge in [0.2, 0.25) is 0 Å². The first-order chi connectivity index (χ1) is 9.88. The molecule has 0 unspecified atom stereocenters. The summed E-state index contributed by atoms with van der Waals surface area (Å²) in [5.74, 6) is 0. The molecule has 0 spiro atoms. The second-order valence-electron chi connectivity index (χ2n) is 5.39. The highest BCUT2D eigenvalue weighted by Crippen LogP contribution is 2.28. The second kappa shape index (κ2) is 5.99. The van der Waals surface area contributed by atoms with Gasteiger partial charge < -0.3 is 0 Å². The largest absolute Gasteiger partial charge is 0.298 e. The molecule has 4 nitrogen and oxygen atoms in total. The maximum Gasteiger partial charge on any atom is 0.153 e. The van der Waals surface area contributed by atoms with Crippen molar-refractivity contribution < 1.29 is 4.79 Å². The van der Waals surface area contributed by atoms with Gasteiger partial charge in [-0.2, -0.15) is 5.10 Å². The van der Waals surface area contributed by atoms with E-state index >= 15 is 0 Å². The summed E-state index contributed by atoms with van der Waals surface area (Å²) in [4.78, 5) is 15.6. The molecule has 104 valence electrons. The van der Waals surface area contributed by atoms with Crippen LogP contribution in [0.25, 0.3) is 11.4 Å². The average Bonchev–Trinajstić information content (AvgIpc) is 2.75. The highest BCUT2D eigenvalue weighted by Gasteiger charge is 2.18. The van der Waals surface area contributed by atoms with E-state index in [4.69, 9.17) is 0 Å². The van der Waals surface area contributed by atoms with Crippen LogP contribution < -0.4 is 0 Å². The first-order valence-corrected chi connectivity index (χ1v) is 7.34. The van der Waals surface area contributed by atoms with Crippen LogP contribution in [0.5, 0.6) is 0 Å². The normalized spacial score (nSPS) is 16.8. The fourth-order valence-electron chi connectivity index (χ4n) is 2.90. The van der Waals surface area contributed by atoms with Crippen LogP contribution in [0.4, 0.5) is 0 Å². The SMILES string of the molecule is O=Cc1cn(C2CCCCCC2)nc1-c1ccccn1. The van der Waals surface area contributed by atoms with Crippen LogP contribution >= 0.6 is 0 Å². The van der Waals surface area contributed by atoms with Gasteiger partial charge in [-0.1, -0.05) is 31.7 Å². The number of hydrogen-bond donors (Lipinski definition) is 0. The molecule has 1 saturated carbocycles. The van der Waals surface area contributed by atoms with Gasteiger partial charge in [0.25, 0.3) is 0 Å². The first-order valence-electron chi connectivity index (χ1n) is 7.34. The summed E-state index contributed by atoms with van der Waals surface area (Å²) in [6.45, 7) is 0. The Kier molecular flexibility index (Phi) is 3.90. The van der Waals surface area contributed by atoms with Gasteiger partial charge >= 0.3 is 0 Å². The highest BCUT2D eigenvalue weighted by atomic mass is 16.1. The van der Waals surface area contributed by atoms with Gasteiger partial charge in [0.15, 0.2) is 6.29 Å². The maximum atomic E-state index is 11.3. The molecule has 1 aliphatic carbocycles. The number of aldehydes is 1. The molecule has 1 aliphatic rings. The zero-order chi connectivity index (χ0) is 13.8. The summed E-state index contributed by atoms with van der Waals surface area (Å²) in [6.07, 6.45) is 11.9. The van der Waals surface area contributed by atoms with Crippen molar-refractivity contribution in [2.24, 2.45) is 0 Å². The molecule has 2 heterocycles. The van der Waals surface area contributed by atoms with Crippen LogP contribution in [-0.4, -0.2) is 21.1 Å². The van der Waals surface area contributed by atoms with E-state index in [2.05, 4.69) is 10.1 Å². The molecule has 2 aromatic heterocycles. The maximum absolute atomic E-state index is 11.3. The van der Waals surface area contributed by atoms with Crippen molar-refractivity contribution in [2.45, 2.75) is 44.6 Å². The molecule has 4 heteroatoms. The van der Waals surface area contributed by atoms with E-state index in [-0.39, 0.29) is 0 Å². The van der Waals surface area contributed by atoms with E-state index in [0.717, 1.165) is 24.8 Å². The summed E-state index contributed by atoms with van der Waals surface area (Å²) in [5.41, 5.74) is 2.10. The van der Waals surface area contributed by atoms with Crippen LogP contribution in [0.1, 0.15) is 54.9 Å². The van der Waals surface area contributed by atoms with E-state index in [1.165, 1.54) is 25.7 Å². The zero-order valence-corrected chi connectivity index (χ0v) is 11.5. The Hall–Kier alpha value is -1.97. The van der Waals surface area contributed by atoms with E-state index in [9.17, 15) is 4.79 Å². The molecule has 0 amide bonds. The average molecular weight is 269 g/mol. The van der Waals surface area contributed by atoms with Crippen molar-refractivity contribution >= 4 is 6.29 Å². The molecule has 0 atom stereocenters. The fraction of sp³-hybridized carbons (Fsp3) is 0.438. The van der Waals surface area contributed by atoms with Crippen LogP contribution in [0, 0.1) is 0 Å². The van der Waals surface area contributed by atoms with Crippen molar-refractivity contribution in [3.63, 3.8) is 0 Å². The lowest BCUT2D eigenvalue weighted by atomic mass is 10.1. The molecule has 0 aromatic carbocycles. The lowest BCUT2D eigenvalue weighted by molar-refractivity contribution is 0.112. The van der Waals surface area contributed by atoms with Crippen molar-refractivity contribution in [1.82, 2.24) is 14.8 Å². The summed E-state index contributed by atoms with van der Waals surface area (Å²) in [7, 11) is 0. The molecule has 0 saturated heterocycles. The Morgan fingerprint density at radius 2 is 1.95 bits per heavy atom. The van der Waals surface area contributed by atoms with Gasteiger partial charge in [0.1, 0.15) is 5.69 Å². The quantitative estimate of drug-likeness (QED) is 0.631. The van der Waals surface area contributed by atoms with E-state index in [1.54, 1.807) is 6.20 Å². The topological polar surface area (TPSA) is 47.8 Å². The van der Waals surface area contributed by atoms with Gasteiger partial charge in [-0.05, 0) is 25.0 Å². The summed E-state index contributed by atoms with van der Waals surface area (Å²) < 4.78 is 1.99. The Balaban J connectivity index is 1.94. The van der Waals surface area contributed by atoms with Crippen LogP contribution in [-0.2, 0) is 0 Å². The lowest BCUT2D eigenvalue weighted by Crippen LogP contribution is -2.08. The van der Waals surface area contributed by atoms with Gasteiger partial charge in [0.05, 0.1) is 17.3 Å². The first kappa shape index (κ1) is 13.0. The summed E-state index contributed by atoms with van der Waals surface area (Å²) in [5, 5.41) is 4.64. The van der Waals surface area contributed by atoms with Gasteiger partial charge in [-0.3, -0.25) is 14.5 Å². The molecule has 20 heavy (non-hydrogen) atoms. The molecule has 3 rings (SSSR count). The van der Waals surface area contributed by atoms with E-state index in [1.807, 2.05) is 29.1 Å². The third-order valence-electron chi connectivity index (χ3n) is 3.99. The summed E-state index contributed by atoms with van der Waals surface area (Å²) >= 11 is 0. The molecule has 0 aliphatic heterocycles. The number of hydrogen-bond acceptors (Lipinski definition) is 3. The van der Waals surface area contributed by atoms with Gasteiger partial charge in [-0.15, -0.1) is 0 Å². The molecule has 1 fully saturated rings. The number of aromatic nitrogens is 3.